The highest BCUT2D eigenvalue weighted by atomic mass is 19.4. The van der Waals surface area contributed by atoms with Crippen molar-refractivity contribution in [1.82, 2.24) is 9.88 Å². The van der Waals surface area contributed by atoms with Gasteiger partial charge in [0.2, 0.25) is 0 Å². The summed E-state index contributed by atoms with van der Waals surface area (Å²) < 4.78 is 39.3. The molecule has 0 aliphatic heterocycles. The fraction of sp³-hybridized carbons (Fsp3) is 0.500. The minimum Gasteiger partial charge on any atom is -0.376 e. The van der Waals surface area contributed by atoms with Gasteiger partial charge in [-0.05, 0) is 68.9 Å². The molecule has 0 spiro atoms. The first-order valence-electron chi connectivity index (χ1n) is 10.8. The predicted molar refractivity (Wildman–Crippen MR) is 110 cm³/mol. The SMILES string of the molecule is C[C@](O)(c1ccc(C(=O)N(C2CC2)[C@@H]2CCC[C@@H](c3ccccn3)C2)cc1)C(F)(F)F. The maximum absolute atomic E-state index is 13.4. The van der Waals surface area contributed by atoms with Crippen LogP contribution in [0.5, 0.6) is 0 Å². The Labute approximate surface area is 180 Å². The first-order chi connectivity index (χ1) is 14.7. The average Bonchev–Trinajstić information content (AvgIpc) is 3.59. The number of pyridine rings is 1. The summed E-state index contributed by atoms with van der Waals surface area (Å²) in [4.78, 5) is 19.8. The van der Waals surface area contributed by atoms with Crippen LogP contribution in [0.15, 0.2) is 48.7 Å². The van der Waals surface area contributed by atoms with Crippen LogP contribution in [-0.4, -0.2) is 39.2 Å². The Balaban J connectivity index is 1.53. The second kappa shape index (κ2) is 8.26. The molecular weight excluding hydrogens is 405 g/mol. The van der Waals surface area contributed by atoms with E-state index in [1.807, 2.05) is 23.1 Å². The number of nitrogens with zero attached hydrogens (tertiary/aromatic N) is 2. The fourth-order valence-corrected chi connectivity index (χ4v) is 4.54. The number of hydrogen-bond acceptors (Lipinski definition) is 3. The van der Waals surface area contributed by atoms with Crippen LogP contribution >= 0.6 is 0 Å². The molecule has 4 rings (SSSR count). The van der Waals surface area contributed by atoms with Gasteiger partial charge in [0.15, 0.2) is 5.60 Å². The van der Waals surface area contributed by atoms with Gasteiger partial charge >= 0.3 is 6.18 Å². The topological polar surface area (TPSA) is 53.4 Å². The monoisotopic (exact) mass is 432 g/mol. The highest BCUT2D eigenvalue weighted by Gasteiger charge is 2.51. The number of amides is 1. The van der Waals surface area contributed by atoms with E-state index in [0.717, 1.165) is 51.1 Å². The van der Waals surface area contributed by atoms with Crippen molar-refractivity contribution in [3.8, 4) is 0 Å². The largest absolute Gasteiger partial charge is 0.421 e. The third kappa shape index (κ3) is 4.47. The smallest absolute Gasteiger partial charge is 0.376 e. The van der Waals surface area contributed by atoms with Gasteiger partial charge in [-0.3, -0.25) is 9.78 Å². The molecule has 2 aromatic rings. The Kier molecular flexibility index (Phi) is 5.81. The van der Waals surface area contributed by atoms with Crippen molar-refractivity contribution in [3.05, 3.63) is 65.5 Å². The molecule has 2 aliphatic carbocycles. The van der Waals surface area contributed by atoms with Gasteiger partial charge in [-0.15, -0.1) is 0 Å². The van der Waals surface area contributed by atoms with E-state index in [1.165, 1.54) is 24.3 Å². The first kappa shape index (κ1) is 21.8. The molecule has 0 unspecified atom stereocenters. The zero-order chi connectivity index (χ0) is 22.2. The predicted octanol–water partition coefficient (Wildman–Crippen LogP) is 5.18. The standard InChI is InChI=1S/C24H27F3N2O2/c1-23(31,24(25,26)27)18-10-8-16(9-11-18)22(30)29(19-12-13-19)20-6-4-5-17(15-20)21-7-2-3-14-28-21/h2-3,7-11,14,17,19-20,31H,4-6,12-13,15H2,1H3/t17-,20-,23+/m1/s1. The Morgan fingerprint density at radius 3 is 2.32 bits per heavy atom. The molecule has 166 valence electrons. The summed E-state index contributed by atoms with van der Waals surface area (Å²) in [6, 6.07) is 11.4. The molecule has 2 saturated carbocycles. The van der Waals surface area contributed by atoms with E-state index >= 15 is 0 Å². The minimum absolute atomic E-state index is 0.0960. The lowest BCUT2D eigenvalue weighted by molar-refractivity contribution is -0.258. The van der Waals surface area contributed by atoms with Crippen molar-refractivity contribution in [3.63, 3.8) is 0 Å². The molecule has 2 fully saturated rings. The molecule has 0 bridgehead atoms. The van der Waals surface area contributed by atoms with E-state index in [-0.39, 0.29) is 23.6 Å². The molecule has 0 saturated heterocycles. The van der Waals surface area contributed by atoms with Crippen molar-refractivity contribution in [2.45, 2.75) is 75.2 Å². The van der Waals surface area contributed by atoms with E-state index in [2.05, 4.69) is 4.98 Å². The molecule has 7 heteroatoms. The molecular formula is C24H27F3N2O2. The zero-order valence-corrected chi connectivity index (χ0v) is 17.5. The van der Waals surface area contributed by atoms with Gasteiger partial charge < -0.3 is 10.0 Å². The molecule has 1 heterocycles. The van der Waals surface area contributed by atoms with Crippen LogP contribution in [-0.2, 0) is 5.60 Å². The summed E-state index contributed by atoms with van der Waals surface area (Å²) in [6.45, 7) is 0.722. The molecule has 1 amide bonds. The van der Waals surface area contributed by atoms with Gasteiger partial charge in [0, 0.05) is 35.5 Å². The van der Waals surface area contributed by atoms with Crippen molar-refractivity contribution >= 4 is 5.91 Å². The van der Waals surface area contributed by atoms with Crippen LogP contribution in [0.1, 0.15) is 73.0 Å². The van der Waals surface area contributed by atoms with Gasteiger partial charge in [0.1, 0.15) is 0 Å². The number of carbonyl (C=O) groups excluding carboxylic acids is 1. The summed E-state index contributed by atoms with van der Waals surface area (Å²) >= 11 is 0. The van der Waals surface area contributed by atoms with E-state index in [0.29, 0.717) is 11.5 Å². The molecule has 1 N–H and O–H groups in total. The Hall–Kier alpha value is -2.41. The van der Waals surface area contributed by atoms with Gasteiger partial charge in [0.25, 0.3) is 5.91 Å². The van der Waals surface area contributed by atoms with Crippen LogP contribution in [0.3, 0.4) is 0 Å². The van der Waals surface area contributed by atoms with Crippen LogP contribution in [0.2, 0.25) is 0 Å². The zero-order valence-electron chi connectivity index (χ0n) is 17.5. The number of carbonyl (C=O) groups is 1. The second-order valence-electron chi connectivity index (χ2n) is 8.86. The third-order valence-corrected chi connectivity index (χ3v) is 6.57. The normalized spacial score (nSPS) is 23.8. The van der Waals surface area contributed by atoms with Crippen molar-refractivity contribution in [2.75, 3.05) is 0 Å². The number of benzene rings is 1. The van der Waals surface area contributed by atoms with Crippen LogP contribution in [0.4, 0.5) is 13.2 Å². The summed E-state index contributed by atoms with van der Waals surface area (Å²) in [6.07, 6.45) is 2.74. The van der Waals surface area contributed by atoms with Crippen molar-refractivity contribution in [1.29, 1.82) is 0 Å². The van der Waals surface area contributed by atoms with E-state index < -0.39 is 11.8 Å². The Bertz CT molecular complexity index is 909. The number of hydrogen-bond donors (Lipinski definition) is 1. The third-order valence-electron chi connectivity index (χ3n) is 6.57. The Morgan fingerprint density at radius 1 is 1.03 bits per heavy atom. The van der Waals surface area contributed by atoms with Crippen LogP contribution in [0, 0.1) is 0 Å². The van der Waals surface area contributed by atoms with Gasteiger partial charge in [-0.1, -0.05) is 24.6 Å². The maximum Gasteiger partial charge on any atom is 0.421 e. The van der Waals surface area contributed by atoms with Crippen molar-refractivity contribution < 1.29 is 23.1 Å². The Morgan fingerprint density at radius 2 is 1.74 bits per heavy atom. The van der Waals surface area contributed by atoms with Crippen LogP contribution < -0.4 is 0 Å². The van der Waals surface area contributed by atoms with E-state index in [1.54, 1.807) is 6.20 Å². The number of halogens is 3. The van der Waals surface area contributed by atoms with E-state index in [4.69, 9.17) is 0 Å². The molecule has 0 radical (unpaired) electrons. The highest BCUT2D eigenvalue weighted by molar-refractivity contribution is 5.95. The van der Waals surface area contributed by atoms with Crippen LogP contribution in [0.25, 0.3) is 0 Å². The maximum atomic E-state index is 13.4. The summed E-state index contributed by atoms with van der Waals surface area (Å²) in [5, 5.41) is 9.87. The lowest BCUT2D eigenvalue weighted by atomic mass is 9.82. The molecule has 3 atom stereocenters. The highest BCUT2D eigenvalue weighted by Crippen LogP contribution is 2.41. The second-order valence-corrected chi connectivity index (χ2v) is 8.86. The van der Waals surface area contributed by atoms with Crippen molar-refractivity contribution in [2.24, 2.45) is 0 Å². The molecule has 1 aromatic heterocycles. The molecule has 1 aromatic carbocycles. The quantitative estimate of drug-likeness (QED) is 0.708. The summed E-state index contributed by atoms with van der Waals surface area (Å²) in [5.41, 5.74) is -1.82. The van der Waals surface area contributed by atoms with Gasteiger partial charge in [0.05, 0.1) is 0 Å². The lowest BCUT2D eigenvalue weighted by Gasteiger charge is -2.38. The average molecular weight is 432 g/mol. The van der Waals surface area contributed by atoms with Gasteiger partial charge in [-0.25, -0.2) is 0 Å². The summed E-state index contributed by atoms with van der Waals surface area (Å²) in [5.74, 6) is 0.158. The van der Waals surface area contributed by atoms with E-state index in [9.17, 15) is 23.1 Å². The molecule has 4 nitrogen and oxygen atoms in total. The molecule has 31 heavy (non-hydrogen) atoms. The number of alkyl halides is 3. The summed E-state index contributed by atoms with van der Waals surface area (Å²) in [7, 11) is 0. The minimum atomic E-state index is -4.79. The van der Waals surface area contributed by atoms with Gasteiger partial charge in [-0.2, -0.15) is 13.2 Å². The molecule has 2 aliphatic rings. The number of rotatable bonds is 5. The number of aliphatic hydroxyl groups is 1. The number of aromatic nitrogens is 1. The first-order valence-corrected chi connectivity index (χ1v) is 10.8. The lowest BCUT2D eigenvalue weighted by Crippen LogP contribution is -2.44. The fourth-order valence-electron chi connectivity index (χ4n) is 4.54.